The van der Waals surface area contributed by atoms with Crippen LogP contribution in [-0.4, -0.2) is 25.7 Å². The van der Waals surface area contributed by atoms with Gasteiger partial charge in [-0.25, -0.2) is 0 Å². The van der Waals surface area contributed by atoms with E-state index < -0.39 is 0 Å². The van der Waals surface area contributed by atoms with Gasteiger partial charge < -0.3 is 9.64 Å². The maximum atomic E-state index is 10.8. The highest BCUT2D eigenvalue weighted by molar-refractivity contribution is 5.66. The number of anilines is 1. The summed E-state index contributed by atoms with van der Waals surface area (Å²) in [6, 6.07) is 11.5. The van der Waals surface area contributed by atoms with Crippen molar-refractivity contribution in [2.45, 2.75) is 13.8 Å². The highest BCUT2D eigenvalue weighted by Crippen LogP contribution is 2.16. The normalized spacial score (nSPS) is 9.74. The average Bonchev–Trinajstić information content (AvgIpc) is 2.56. The summed E-state index contributed by atoms with van der Waals surface area (Å²) in [5, 5.41) is 17.3. The van der Waals surface area contributed by atoms with Gasteiger partial charge in [0.1, 0.15) is 24.3 Å². The zero-order valence-corrected chi connectivity index (χ0v) is 13.3. The van der Waals surface area contributed by atoms with Crippen molar-refractivity contribution in [1.82, 2.24) is 0 Å². The first-order valence-corrected chi connectivity index (χ1v) is 7.27. The molecule has 5 nitrogen and oxygen atoms in total. The molecule has 0 atom stereocenters. The molecule has 0 aliphatic rings. The topological polar surface area (TPSA) is 77.1 Å². The molecule has 0 unspecified atom stereocenters. The van der Waals surface area contributed by atoms with Crippen molar-refractivity contribution in [3.8, 4) is 12.1 Å². The molecule has 0 saturated carbocycles. The smallest absolute Gasteiger partial charge is 0.302 e. The van der Waals surface area contributed by atoms with Gasteiger partial charge in [-0.1, -0.05) is 24.3 Å². The Labute approximate surface area is 136 Å². The molecule has 0 heterocycles. The van der Waals surface area contributed by atoms with Crippen molar-refractivity contribution in [3.05, 3.63) is 47.6 Å². The zero-order chi connectivity index (χ0) is 17.1. The summed E-state index contributed by atoms with van der Waals surface area (Å²) in [4.78, 5) is 12.9. The molecule has 0 N–H and O–H groups in total. The number of benzene rings is 1. The van der Waals surface area contributed by atoms with E-state index in [4.69, 9.17) is 15.3 Å². The molecule has 0 spiro atoms. The first-order valence-electron chi connectivity index (χ1n) is 7.27. The molecule has 5 heteroatoms. The van der Waals surface area contributed by atoms with Crippen molar-refractivity contribution in [3.63, 3.8) is 0 Å². The van der Waals surface area contributed by atoms with Crippen molar-refractivity contribution in [2.75, 3.05) is 24.6 Å². The van der Waals surface area contributed by atoms with E-state index in [1.165, 1.54) is 13.0 Å². The predicted molar refractivity (Wildman–Crippen MR) is 89.3 cm³/mol. The van der Waals surface area contributed by atoms with Crippen LogP contribution in [0.3, 0.4) is 0 Å². The van der Waals surface area contributed by atoms with Crippen molar-refractivity contribution < 1.29 is 9.53 Å². The van der Waals surface area contributed by atoms with Gasteiger partial charge in [-0.2, -0.15) is 10.5 Å². The van der Waals surface area contributed by atoms with Crippen LogP contribution < -0.4 is 4.90 Å². The van der Waals surface area contributed by atoms with Gasteiger partial charge in [0.25, 0.3) is 0 Å². The lowest BCUT2D eigenvalue weighted by atomic mass is 10.1. The van der Waals surface area contributed by atoms with E-state index in [0.29, 0.717) is 13.2 Å². The van der Waals surface area contributed by atoms with E-state index in [1.807, 2.05) is 37.3 Å². The van der Waals surface area contributed by atoms with E-state index in [1.54, 1.807) is 18.2 Å². The summed E-state index contributed by atoms with van der Waals surface area (Å²) < 4.78 is 4.97. The second-order valence-electron chi connectivity index (χ2n) is 4.67. The first-order chi connectivity index (χ1) is 11.1. The minimum Gasteiger partial charge on any atom is -0.464 e. The molecule has 1 aromatic rings. The van der Waals surface area contributed by atoms with Crippen LogP contribution in [-0.2, 0) is 9.53 Å². The molecule has 1 aromatic carbocycles. The Hall–Kier alpha value is -3.05. The Morgan fingerprint density at radius 3 is 2.43 bits per heavy atom. The summed E-state index contributed by atoms with van der Waals surface area (Å²) in [7, 11) is 0. The van der Waals surface area contributed by atoms with Crippen molar-refractivity contribution in [2.24, 2.45) is 0 Å². The van der Waals surface area contributed by atoms with E-state index in [-0.39, 0.29) is 11.5 Å². The highest BCUT2D eigenvalue weighted by atomic mass is 16.5. The molecule has 1 rings (SSSR count). The van der Waals surface area contributed by atoms with Crippen LogP contribution >= 0.6 is 0 Å². The number of carbonyl (C=O) groups excluding carboxylic acids is 1. The van der Waals surface area contributed by atoms with Gasteiger partial charge in [0.15, 0.2) is 0 Å². The van der Waals surface area contributed by atoms with Gasteiger partial charge in [-0.05, 0) is 30.7 Å². The highest BCUT2D eigenvalue weighted by Gasteiger charge is 2.04. The Morgan fingerprint density at radius 1 is 1.26 bits per heavy atom. The van der Waals surface area contributed by atoms with Gasteiger partial charge in [0.2, 0.25) is 0 Å². The summed E-state index contributed by atoms with van der Waals surface area (Å²) in [5.41, 5.74) is 2.08. The number of hydrogen-bond acceptors (Lipinski definition) is 5. The zero-order valence-electron chi connectivity index (χ0n) is 13.3. The molecule has 0 bridgehead atoms. The quantitative estimate of drug-likeness (QED) is 0.439. The minimum absolute atomic E-state index is 0.0699. The summed E-state index contributed by atoms with van der Waals surface area (Å²) in [6.07, 6.45) is 4.98. The Morgan fingerprint density at radius 2 is 1.91 bits per heavy atom. The number of nitriles is 2. The molecular formula is C18H19N3O2. The molecule has 0 amide bonds. The number of carbonyl (C=O) groups is 1. The molecular weight excluding hydrogens is 290 g/mol. The Kier molecular flexibility index (Phi) is 7.68. The monoisotopic (exact) mass is 309 g/mol. The summed E-state index contributed by atoms with van der Waals surface area (Å²) >= 11 is 0. The Bertz CT molecular complexity index is 645. The first kappa shape index (κ1) is 18.0. The molecule has 0 radical (unpaired) electrons. The number of esters is 1. The van der Waals surface area contributed by atoms with E-state index in [0.717, 1.165) is 17.8 Å². The number of likely N-dealkylation sites (N-methyl/N-ethyl adjacent to an activating group) is 1. The fraction of sp³-hybridized carbons (Fsp3) is 0.278. The average molecular weight is 309 g/mol. The second kappa shape index (κ2) is 9.81. The van der Waals surface area contributed by atoms with Crippen LogP contribution in [0.25, 0.3) is 6.08 Å². The van der Waals surface area contributed by atoms with Crippen LogP contribution in [0.5, 0.6) is 0 Å². The number of ether oxygens (including phenoxy) is 1. The number of allylic oxidation sites excluding steroid dienone is 3. The largest absolute Gasteiger partial charge is 0.464 e. The van der Waals surface area contributed by atoms with Crippen LogP contribution in [0.4, 0.5) is 5.69 Å². The second-order valence-corrected chi connectivity index (χ2v) is 4.67. The van der Waals surface area contributed by atoms with Crippen LogP contribution in [0.15, 0.2) is 42.0 Å². The molecule has 118 valence electrons. The summed E-state index contributed by atoms with van der Waals surface area (Å²) in [5.74, 6) is -0.274. The van der Waals surface area contributed by atoms with Crippen molar-refractivity contribution >= 4 is 17.7 Å². The lowest BCUT2D eigenvalue weighted by Gasteiger charge is -2.22. The molecule has 0 aliphatic carbocycles. The Balaban J connectivity index is 2.69. The maximum absolute atomic E-state index is 10.8. The van der Waals surface area contributed by atoms with E-state index in [9.17, 15) is 4.79 Å². The molecule has 0 aliphatic heterocycles. The third-order valence-corrected chi connectivity index (χ3v) is 3.10. The SMILES string of the molecule is CCN(CCOC(C)=O)c1ccc(/C=C/C=C(C#N)C#N)cc1. The molecule has 23 heavy (non-hydrogen) atoms. The maximum Gasteiger partial charge on any atom is 0.302 e. The lowest BCUT2D eigenvalue weighted by molar-refractivity contribution is -0.140. The summed E-state index contributed by atoms with van der Waals surface area (Å²) in [6.45, 7) is 5.25. The van der Waals surface area contributed by atoms with Gasteiger partial charge in [0.05, 0.1) is 6.54 Å². The fourth-order valence-corrected chi connectivity index (χ4v) is 1.92. The van der Waals surface area contributed by atoms with Crippen LogP contribution in [0.1, 0.15) is 19.4 Å². The number of hydrogen-bond donors (Lipinski definition) is 0. The van der Waals surface area contributed by atoms with Gasteiger partial charge in [-0.15, -0.1) is 0 Å². The number of rotatable bonds is 7. The van der Waals surface area contributed by atoms with Crippen LogP contribution in [0, 0.1) is 22.7 Å². The van der Waals surface area contributed by atoms with Crippen LogP contribution in [0.2, 0.25) is 0 Å². The van der Waals surface area contributed by atoms with E-state index >= 15 is 0 Å². The molecule has 0 aromatic heterocycles. The lowest BCUT2D eigenvalue weighted by Crippen LogP contribution is -2.27. The van der Waals surface area contributed by atoms with E-state index in [2.05, 4.69) is 4.90 Å². The van der Waals surface area contributed by atoms with Gasteiger partial charge in [-0.3, -0.25) is 4.79 Å². The third kappa shape index (κ3) is 6.50. The molecule has 0 fully saturated rings. The number of nitrogens with zero attached hydrogens (tertiary/aromatic N) is 3. The third-order valence-electron chi connectivity index (χ3n) is 3.10. The molecule has 0 saturated heterocycles. The standard InChI is InChI=1S/C18H19N3O2/c1-3-21(11-12-23-15(2)22)18-9-7-16(8-10-18)5-4-6-17(13-19)14-20/h4-10H,3,11-12H2,1-2H3/b5-4+. The van der Waals surface area contributed by atoms with Crippen molar-refractivity contribution in [1.29, 1.82) is 10.5 Å². The minimum atomic E-state index is -0.274. The fourth-order valence-electron chi connectivity index (χ4n) is 1.92. The van der Waals surface area contributed by atoms with Gasteiger partial charge in [0, 0.05) is 19.2 Å². The predicted octanol–water partition coefficient (Wildman–Crippen LogP) is 3.06. The van der Waals surface area contributed by atoms with Gasteiger partial charge >= 0.3 is 5.97 Å².